The summed E-state index contributed by atoms with van der Waals surface area (Å²) in [6.45, 7) is 3.50. The number of hydrogen-bond acceptors (Lipinski definition) is 6. The molecule has 0 aromatic carbocycles. The summed E-state index contributed by atoms with van der Waals surface area (Å²) in [5.74, 6) is 0.457. The highest BCUT2D eigenvalue weighted by molar-refractivity contribution is 7.89. The van der Waals surface area contributed by atoms with Crippen molar-refractivity contribution in [1.29, 1.82) is 0 Å². The molecule has 0 aliphatic rings. The molecule has 2 N–H and O–H groups in total. The Morgan fingerprint density at radius 1 is 1.44 bits per heavy atom. The van der Waals surface area contributed by atoms with Gasteiger partial charge in [-0.05, 0) is 13.8 Å². The van der Waals surface area contributed by atoms with Gasteiger partial charge in [0.15, 0.2) is 5.82 Å². The van der Waals surface area contributed by atoms with Crippen LogP contribution in [0.1, 0.15) is 17.2 Å². The summed E-state index contributed by atoms with van der Waals surface area (Å²) in [5.41, 5.74) is 0.958. The normalized spacial score (nSPS) is 11.9. The van der Waals surface area contributed by atoms with Gasteiger partial charge in [-0.15, -0.1) is 0 Å². The van der Waals surface area contributed by atoms with Crippen molar-refractivity contribution in [2.24, 2.45) is 0 Å². The lowest BCUT2D eigenvalue weighted by Gasteiger charge is -2.05. The first-order valence-corrected chi connectivity index (χ1v) is 6.75. The minimum absolute atomic E-state index is 0.190. The van der Waals surface area contributed by atoms with E-state index in [4.69, 9.17) is 0 Å². The smallest absolute Gasteiger partial charge is 0.244 e. The van der Waals surface area contributed by atoms with Crippen molar-refractivity contribution in [3.63, 3.8) is 0 Å². The SMILES string of the molecule is Cc1n[nH]c(C)c1S(=O)(=O)NCCc1ncon1. The maximum Gasteiger partial charge on any atom is 0.244 e. The summed E-state index contributed by atoms with van der Waals surface area (Å²) in [5, 5.41) is 10.1. The van der Waals surface area contributed by atoms with Crippen LogP contribution >= 0.6 is 0 Å². The van der Waals surface area contributed by atoms with Gasteiger partial charge in [0.05, 0.1) is 11.4 Å². The van der Waals surface area contributed by atoms with E-state index in [2.05, 4.69) is 29.6 Å². The highest BCUT2D eigenvalue weighted by atomic mass is 32.2. The van der Waals surface area contributed by atoms with Gasteiger partial charge in [-0.3, -0.25) is 5.10 Å². The third kappa shape index (κ3) is 2.57. The molecular weight excluding hydrogens is 258 g/mol. The molecule has 0 bridgehead atoms. The molecular formula is C9H13N5O3S. The number of aromatic amines is 1. The monoisotopic (exact) mass is 271 g/mol. The molecule has 0 amide bonds. The first kappa shape index (κ1) is 12.7. The standard InChI is InChI=1S/C9H13N5O3S/c1-6-9(7(2)13-12-6)18(15,16)11-4-3-8-10-5-17-14-8/h5,11H,3-4H2,1-2H3,(H,12,13). The molecule has 0 radical (unpaired) electrons. The lowest BCUT2D eigenvalue weighted by molar-refractivity contribution is 0.410. The Morgan fingerprint density at radius 2 is 2.22 bits per heavy atom. The van der Waals surface area contributed by atoms with Crippen LogP contribution in [0.25, 0.3) is 0 Å². The molecule has 0 aliphatic carbocycles. The summed E-state index contributed by atoms with van der Waals surface area (Å²) in [6.07, 6.45) is 1.57. The minimum Gasteiger partial charge on any atom is -0.343 e. The average molecular weight is 271 g/mol. The molecule has 0 saturated heterocycles. The molecule has 0 aliphatic heterocycles. The van der Waals surface area contributed by atoms with Crippen molar-refractivity contribution in [3.8, 4) is 0 Å². The number of sulfonamides is 1. The van der Waals surface area contributed by atoms with Crippen molar-refractivity contribution in [2.75, 3.05) is 6.54 Å². The second-order valence-electron chi connectivity index (χ2n) is 3.76. The van der Waals surface area contributed by atoms with Gasteiger partial charge in [0, 0.05) is 13.0 Å². The Bertz CT molecular complexity index is 597. The van der Waals surface area contributed by atoms with Gasteiger partial charge in [-0.1, -0.05) is 5.16 Å². The summed E-state index contributed by atoms with van der Waals surface area (Å²) in [4.78, 5) is 3.99. The van der Waals surface area contributed by atoms with Crippen molar-refractivity contribution < 1.29 is 12.9 Å². The van der Waals surface area contributed by atoms with E-state index in [9.17, 15) is 8.42 Å². The average Bonchev–Trinajstić information content (AvgIpc) is 2.89. The predicted octanol–water partition coefficient (Wildman–Crippen LogP) is -0.0695. The van der Waals surface area contributed by atoms with E-state index in [-0.39, 0.29) is 11.4 Å². The van der Waals surface area contributed by atoms with Crippen LogP contribution in [0, 0.1) is 13.8 Å². The summed E-state index contributed by atoms with van der Waals surface area (Å²) >= 11 is 0. The van der Waals surface area contributed by atoms with Crippen LogP contribution in [0.15, 0.2) is 15.8 Å². The Balaban J connectivity index is 2.04. The number of H-pyrrole nitrogens is 1. The maximum absolute atomic E-state index is 12.0. The van der Waals surface area contributed by atoms with Crippen molar-refractivity contribution in [3.05, 3.63) is 23.6 Å². The second kappa shape index (κ2) is 4.86. The molecule has 2 rings (SSSR count). The van der Waals surface area contributed by atoms with Gasteiger partial charge in [0.1, 0.15) is 4.90 Å². The number of nitrogens with zero attached hydrogens (tertiary/aromatic N) is 3. The van der Waals surface area contributed by atoms with Gasteiger partial charge in [0.25, 0.3) is 0 Å². The zero-order chi connectivity index (χ0) is 13.2. The highest BCUT2D eigenvalue weighted by Crippen LogP contribution is 2.15. The predicted molar refractivity (Wildman–Crippen MR) is 61.3 cm³/mol. The van der Waals surface area contributed by atoms with E-state index in [0.717, 1.165) is 0 Å². The molecule has 2 aromatic heterocycles. The first-order valence-electron chi connectivity index (χ1n) is 5.27. The zero-order valence-corrected chi connectivity index (χ0v) is 10.8. The third-order valence-electron chi connectivity index (χ3n) is 2.38. The van der Waals surface area contributed by atoms with Crippen LogP contribution < -0.4 is 4.72 Å². The van der Waals surface area contributed by atoms with E-state index in [0.29, 0.717) is 23.6 Å². The maximum atomic E-state index is 12.0. The van der Waals surface area contributed by atoms with Gasteiger partial charge in [0.2, 0.25) is 16.4 Å². The Hall–Kier alpha value is -1.74. The van der Waals surface area contributed by atoms with Crippen LogP contribution in [0.4, 0.5) is 0 Å². The fourth-order valence-corrected chi connectivity index (χ4v) is 3.01. The van der Waals surface area contributed by atoms with Crippen molar-refractivity contribution in [2.45, 2.75) is 25.2 Å². The Morgan fingerprint density at radius 3 is 2.78 bits per heavy atom. The van der Waals surface area contributed by atoms with Gasteiger partial charge in [-0.25, -0.2) is 13.1 Å². The van der Waals surface area contributed by atoms with Crippen molar-refractivity contribution >= 4 is 10.0 Å². The molecule has 2 heterocycles. The van der Waals surface area contributed by atoms with Gasteiger partial charge in [-0.2, -0.15) is 10.1 Å². The molecule has 0 atom stereocenters. The number of hydrogen-bond donors (Lipinski definition) is 2. The van der Waals surface area contributed by atoms with Crippen molar-refractivity contribution in [1.82, 2.24) is 25.1 Å². The van der Waals surface area contributed by atoms with Crippen LogP contribution in [-0.2, 0) is 16.4 Å². The second-order valence-corrected chi connectivity index (χ2v) is 5.46. The topological polar surface area (TPSA) is 114 Å². The molecule has 2 aromatic rings. The number of rotatable bonds is 5. The molecule has 18 heavy (non-hydrogen) atoms. The Labute approximate surface area is 104 Å². The number of nitrogens with one attached hydrogen (secondary N) is 2. The van der Waals surface area contributed by atoms with Crippen LogP contribution in [-0.4, -0.2) is 35.3 Å². The van der Waals surface area contributed by atoms with Gasteiger partial charge >= 0.3 is 0 Å². The molecule has 9 heteroatoms. The van der Waals surface area contributed by atoms with Crippen LogP contribution in [0.5, 0.6) is 0 Å². The fraction of sp³-hybridized carbons (Fsp3) is 0.444. The quantitative estimate of drug-likeness (QED) is 0.787. The fourth-order valence-electron chi connectivity index (χ4n) is 1.61. The molecule has 8 nitrogen and oxygen atoms in total. The van der Waals surface area contributed by atoms with E-state index in [1.54, 1.807) is 13.8 Å². The van der Waals surface area contributed by atoms with E-state index < -0.39 is 10.0 Å². The van der Waals surface area contributed by atoms with Gasteiger partial charge < -0.3 is 4.52 Å². The summed E-state index contributed by atoms with van der Waals surface area (Å²) in [6, 6.07) is 0. The molecule has 0 saturated carbocycles. The van der Waals surface area contributed by atoms with E-state index in [1.165, 1.54) is 6.39 Å². The van der Waals surface area contributed by atoms with E-state index in [1.807, 2.05) is 0 Å². The molecule has 0 unspecified atom stereocenters. The van der Waals surface area contributed by atoms with Crippen LogP contribution in [0.2, 0.25) is 0 Å². The number of aryl methyl sites for hydroxylation is 2. The van der Waals surface area contributed by atoms with E-state index >= 15 is 0 Å². The molecule has 98 valence electrons. The Kier molecular flexibility index (Phi) is 3.43. The summed E-state index contributed by atoms with van der Waals surface area (Å²) < 4.78 is 31.1. The minimum atomic E-state index is -3.56. The largest absolute Gasteiger partial charge is 0.343 e. The molecule has 0 fully saturated rings. The summed E-state index contributed by atoms with van der Waals surface area (Å²) in [7, 11) is -3.56. The molecule has 0 spiro atoms. The zero-order valence-electron chi connectivity index (χ0n) is 9.97. The number of aromatic nitrogens is 4. The lowest BCUT2D eigenvalue weighted by atomic mass is 10.4. The first-order chi connectivity index (χ1) is 8.50. The lowest BCUT2D eigenvalue weighted by Crippen LogP contribution is -2.27. The highest BCUT2D eigenvalue weighted by Gasteiger charge is 2.21. The van der Waals surface area contributed by atoms with Crippen LogP contribution in [0.3, 0.4) is 0 Å². The third-order valence-corrected chi connectivity index (χ3v) is 4.10.